The Hall–Kier alpha value is -1.13. The van der Waals surface area contributed by atoms with Crippen LogP contribution in [0.15, 0.2) is 42.5 Å². The van der Waals surface area contributed by atoms with E-state index in [2.05, 4.69) is 24.2 Å². The number of quaternary nitrogens is 1. The predicted octanol–water partition coefficient (Wildman–Crippen LogP) is 3.82. The van der Waals surface area contributed by atoms with Crippen LogP contribution in [0.3, 0.4) is 0 Å². The number of nitrogens with one attached hydrogen (secondary N) is 1. The lowest BCUT2D eigenvalue weighted by Gasteiger charge is -2.13. The molecule has 5 heteroatoms. The molecule has 1 N–H and O–H groups in total. The van der Waals surface area contributed by atoms with Gasteiger partial charge in [0.1, 0.15) is 18.1 Å². The van der Waals surface area contributed by atoms with Crippen LogP contribution < -0.4 is 4.90 Å². The normalized spacial score (nSPS) is 12.7. The van der Waals surface area contributed by atoms with Gasteiger partial charge >= 0.3 is 0 Å². The first-order valence-corrected chi connectivity index (χ1v) is 8.29. The summed E-state index contributed by atoms with van der Waals surface area (Å²) in [6, 6.07) is 14.0. The van der Waals surface area contributed by atoms with Gasteiger partial charge in [-0.25, -0.2) is 4.98 Å². The Morgan fingerprint density at radius 3 is 2.67 bits per heavy atom. The highest BCUT2D eigenvalue weighted by atomic mass is 35.5. The molecule has 0 aliphatic carbocycles. The average molecular weight is 338 g/mol. The molecule has 0 aliphatic rings. The molecule has 1 aromatic heterocycles. The molecule has 0 bridgehead atoms. The smallest absolute Gasteiger partial charge is 0.148 e. The van der Waals surface area contributed by atoms with Crippen LogP contribution in [-0.2, 0) is 13.1 Å². The molecule has 1 heterocycles. The highest BCUT2D eigenvalue weighted by Gasteiger charge is 2.12. The first kappa shape index (κ1) is 14.8. The van der Waals surface area contributed by atoms with Crippen LogP contribution in [0.25, 0.3) is 10.2 Å². The Balaban J connectivity index is 1.74. The van der Waals surface area contributed by atoms with Crippen molar-refractivity contribution in [1.82, 2.24) is 4.98 Å². The molecule has 3 rings (SSSR count). The molecule has 0 radical (unpaired) electrons. The Kier molecular flexibility index (Phi) is 4.45. The highest BCUT2D eigenvalue weighted by Crippen LogP contribution is 2.25. The monoisotopic (exact) mass is 337 g/mol. The van der Waals surface area contributed by atoms with Gasteiger partial charge in [-0.05, 0) is 18.2 Å². The van der Waals surface area contributed by atoms with Gasteiger partial charge in [-0.15, -0.1) is 11.3 Å². The van der Waals surface area contributed by atoms with E-state index in [1.54, 1.807) is 11.3 Å². The van der Waals surface area contributed by atoms with Crippen LogP contribution in [0.2, 0.25) is 10.0 Å². The standard InChI is InChI=1S/C16H14Cl2N2S/c1-20(9-11-5-4-6-12(17)16(11)18)10-15-19-13-7-2-3-8-14(13)21-15/h2-8H,9-10H2,1H3/p+1. The molecule has 2 aromatic carbocycles. The number of fused-ring (bicyclic) bond motifs is 1. The van der Waals surface area contributed by atoms with Crippen LogP contribution in [0, 0.1) is 0 Å². The summed E-state index contributed by atoms with van der Waals surface area (Å²) < 4.78 is 1.24. The molecule has 3 aromatic rings. The van der Waals surface area contributed by atoms with Crippen molar-refractivity contribution in [1.29, 1.82) is 0 Å². The van der Waals surface area contributed by atoms with Gasteiger partial charge in [0, 0.05) is 5.56 Å². The minimum atomic E-state index is 0.613. The largest absolute Gasteiger partial charge is 0.328 e. The van der Waals surface area contributed by atoms with Crippen molar-refractivity contribution in [3.05, 3.63) is 63.1 Å². The Bertz CT molecular complexity index is 737. The first-order valence-electron chi connectivity index (χ1n) is 6.72. The van der Waals surface area contributed by atoms with Crippen molar-refractivity contribution < 1.29 is 4.90 Å². The SMILES string of the molecule is C[NH+](Cc1nc2ccccc2s1)Cc1cccc(Cl)c1Cl. The summed E-state index contributed by atoms with van der Waals surface area (Å²) in [7, 11) is 2.14. The molecular formula is C16H15Cl2N2S+. The molecule has 1 unspecified atom stereocenters. The Labute approximate surface area is 137 Å². The minimum absolute atomic E-state index is 0.613. The van der Waals surface area contributed by atoms with Gasteiger partial charge in [-0.2, -0.15) is 0 Å². The lowest BCUT2D eigenvalue weighted by atomic mass is 10.2. The number of para-hydroxylation sites is 1. The number of aromatic nitrogens is 1. The van der Waals surface area contributed by atoms with E-state index in [0.29, 0.717) is 10.0 Å². The van der Waals surface area contributed by atoms with Crippen LogP contribution in [0.1, 0.15) is 10.6 Å². The number of nitrogens with zero attached hydrogens (tertiary/aromatic N) is 1. The maximum atomic E-state index is 6.25. The molecule has 0 saturated carbocycles. The molecular weight excluding hydrogens is 323 g/mol. The molecule has 0 fully saturated rings. The van der Waals surface area contributed by atoms with E-state index in [1.165, 1.54) is 9.60 Å². The lowest BCUT2D eigenvalue weighted by molar-refractivity contribution is -0.907. The zero-order chi connectivity index (χ0) is 14.8. The number of benzene rings is 2. The van der Waals surface area contributed by atoms with Gasteiger partial charge in [-0.3, -0.25) is 0 Å². The molecule has 21 heavy (non-hydrogen) atoms. The molecule has 0 amide bonds. The second kappa shape index (κ2) is 6.32. The van der Waals surface area contributed by atoms with Crippen molar-refractivity contribution in [3.63, 3.8) is 0 Å². The summed E-state index contributed by atoms with van der Waals surface area (Å²) >= 11 is 14.1. The van der Waals surface area contributed by atoms with Gasteiger partial charge in [0.15, 0.2) is 0 Å². The average Bonchev–Trinajstić information content (AvgIpc) is 2.86. The lowest BCUT2D eigenvalue weighted by Crippen LogP contribution is -3.06. The predicted molar refractivity (Wildman–Crippen MR) is 90.4 cm³/mol. The number of hydrogen-bond donors (Lipinski definition) is 1. The quantitative estimate of drug-likeness (QED) is 0.765. The van der Waals surface area contributed by atoms with E-state index in [9.17, 15) is 0 Å². The van der Waals surface area contributed by atoms with Crippen molar-refractivity contribution in [3.8, 4) is 0 Å². The topological polar surface area (TPSA) is 17.3 Å². The van der Waals surface area contributed by atoms with Crippen LogP contribution in [0.4, 0.5) is 0 Å². The summed E-state index contributed by atoms with van der Waals surface area (Å²) in [6.45, 7) is 1.71. The third-order valence-corrected chi connectivity index (χ3v) is 5.21. The summed E-state index contributed by atoms with van der Waals surface area (Å²) in [6.07, 6.45) is 0. The third-order valence-electron chi connectivity index (χ3n) is 3.31. The van der Waals surface area contributed by atoms with E-state index in [-0.39, 0.29) is 0 Å². The number of halogens is 2. The third kappa shape index (κ3) is 3.38. The molecule has 2 nitrogen and oxygen atoms in total. The van der Waals surface area contributed by atoms with Crippen molar-refractivity contribution in [2.45, 2.75) is 13.1 Å². The zero-order valence-electron chi connectivity index (χ0n) is 11.6. The van der Waals surface area contributed by atoms with Gasteiger partial charge in [-0.1, -0.05) is 47.5 Å². The van der Waals surface area contributed by atoms with Gasteiger partial charge in [0.25, 0.3) is 0 Å². The Morgan fingerprint density at radius 1 is 1.05 bits per heavy atom. The fourth-order valence-electron chi connectivity index (χ4n) is 2.33. The van der Waals surface area contributed by atoms with Crippen molar-refractivity contribution in [2.75, 3.05) is 7.05 Å². The molecule has 108 valence electrons. The number of rotatable bonds is 4. The fraction of sp³-hybridized carbons (Fsp3) is 0.188. The zero-order valence-corrected chi connectivity index (χ0v) is 13.9. The van der Waals surface area contributed by atoms with Crippen LogP contribution in [-0.4, -0.2) is 12.0 Å². The minimum Gasteiger partial charge on any atom is -0.328 e. The van der Waals surface area contributed by atoms with E-state index in [4.69, 9.17) is 23.2 Å². The van der Waals surface area contributed by atoms with E-state index in [0.717, 1.165) is 29.2 Å². The van der Waals surface area contributed by atoms with Gasteiger partial charge in [0.05, 0.1) is 27.3 Å². The van der Waals surface area contributed by atoms with Crippen molar-refractivity contribution >= 4 is 44.8 Å². The van der Waals surface area contributed by atoms with Crippen LogP contribution in [0.5, 0.6) is 0 Å². The van der Waals surface area contributed by atoms with Crippen LogP contribution >= 0.6 is 34.5 Å². The molecule has 1 atom stereocenters. The summed E-state index contributed by atoms with van der Waals surface area (Å²) in [5.74, 6) is 0. The van der Waals surface area contributed by atoms with Crippen molar-refractivity contribution in [2.24, 2.45) is 0 Å². The van der Waals surface area contributed by atoms with E-state index >= 15 is 0 Å². The summed E-state index contributed by atoms with van der Waals surface area (Å²) in [4.78, 5) is 6.00. The van der Waals surface area contributed by atoms with E-state index < -0.39 is 0 Å². The Morgan fingerprint density at radius 2 is 1.86 bits per heavy atom. The van der Waals surface area contributed by atoms with Gasteiger partial charge in [0.2, 0.25) is 0 Å². The van der Waals surface area contributed by atoms with Gasteiger partial charge < -0.3 is 4.90 Å². The maximum absolute atomic E-state index is 6.25. The molecule has 0 spiro atoms. The fourth-order valence-corrected chi connectivity index (χ4v) is 3.79. The maximum Gasteiger partial charge on any atom is 0.148 e. The number of hydrogen-bond acceptors (Lipinski definition) is 2. The number of thiazole rings is 1. The summed E-state index contributed by atoms with van der Waals surface area (Å²) in [5.41, 5.74) is 2.15. The molecule has 0 aliphatic heterocycles. The summed E-state index contributed by atoms with van der Waals surface area (Å²) in [5, 5.41) is 2.41. The highest BCUT2D eigenvalue weighted by molar-refractivity contribution is 7.18. The second-order valence-electron chi connectivity index (χ2n) is 5.10. The first-order chi connectivity index (χ1) is 10.1. The van der Waals surface area contributed by atoms with E-state index in [1.807, 2.05) is 30.3 Å². The second-order valence-corrected chi connectivity index (χ2v) is 7.00. The molecule has 0 saturated heterocycles.